The van der Waals surface area contributed by atoms with Crippen LogP contribution in [0.25, 0.3) is 53.7 Å². The molecule has 4 aromatic carbocycles. The van der Waals surface area contributed by atoms with Crippen LogP contribution in [0.1, 0.15) is 11.1 Å². The number of nitrogens with zero attached hydrogens (tertiary/aromatic N) is 2. The molecular formula is C35H31GeN2S+. The molecule has 0 unspecified atom stereocenters. The van der Waals surface area contributed by atoms with E-state index in [0.29, 0.717) is 5.56 Å². The van der Waals surface area contributed by atoms with Crippen molar-refractivity contribution < 1.29 is 4.57 Å². The van der Waals surface area contributed by atoms with Gasteiger partial charge < -0.3 is 0 Å². The molecule has 2 heterocycles. The third-order valence-corrected chi connectivity index (χ3v) is 13.2. The molecule has 0 radical (unpaired) electrons. The van der Waals surface area contributed by atoms with Crippen LogP contribution in [0, 0.1) is 18.3 Å². The Kier molecular flexibility index (Phi) is 6.41. The topological polar surface area (TPSA) is 27.7 Å². The predicted molar refractivity (Wildman–Crippen MR) is 169 cm³/mol. The van der Waals surface area contributed by atoms with Crippen LogP contribution in [0.15, 0.2) is 97.2 Å². The number of pyridine rings is 1. The first kappa shape index (κ1) is 25.6. The van der Waals surface area contributed by atoms with Gasteiger partial charge in [0.2, 0.25) is 0 Å². The van der Waals surface area contributed by atoms with Crippen LogP contribution in [0.3, 0.4) is 0 Å². The Morgan fingerprint density at radius 3 is 2.00 bits per heavy atom. The van der Waals surface area contributed by atoms with Crippen LogP contribution >= 0.6 is 11.3 Å². The molecule has 0 aliphatic heterocycles. The number of aryl methyl sites for hydroxylation is 2. The fourth-order valence-electron chi connectivity index (χ4n) is 5.44. The van der Waals surface area contributed by atoms with E-state index in [-0.39, 0.29) is 0 Å². The number of aromatic nitrogens is 1. The van der Waals surface area contributed by atoms with Crippen molar-refractivity contribution in [1.29, 1.82) is 5.26 Å². The Balaban J connectivity index is 1.60. The summed E-state index contributed by atoms with van der Waals surface area (Å²) in [5.74, 6) is 7.35. The van der Waals surface area contributed by atoms with Crippen molar-refractivity contribution in [2.75, 3.05) is 0 Å². The van der Waals surface area contributed by atoms with Crippen LogP contribution < -0.4 is 8.96 Å². The van der Waals surface area contributed by atoms with E-state index in [1.54, 1.807) is 0 Å². The molecule has 0 bridgehead atoms. The molecule has 6 rings (SSSR count). The summed E-state index contributed by atoms with van der Waals surface area (Å²) in [5.41, 5.74) is 9.03. The molecule has 39 heavy (non-hydrogen) atoms. The van der Waals surface area contributed by atoms with E-state index in [1.165, 1.54) is 52.5 Å². The quantitative estimate of drug-likeness (QED) is 0.151. The number of benzene rings is 4. The van der Waals surface area contributed by atoms with Crippen LogP contribution in [-0.4, -0.2) is 13.3 Å². The molecule has 0 N–H and O–H groups in total. The maximum absolute atomic E-state index is 10.1. The number of hydrogen-bond acceptors (Lipinski definition) is 2. The summed E-state index contributed by atoms with van der Waals surface area (Å²) >= 11 is -0.195. The average molecular weight is 584 g/mol. The van der Waals surface area contributed by atoms with Crippen molar-refractivity contribution >= 4 is 49.2 Å². The number of thiophene rings is 1. The second-order valence-electron chi connectivity index (χ2n) is 11.3. The first-order chi connectivity index (χ1) is 18.8. The minimum absolute atomic E-state index is 0.716. The van der Waals surface area contributed by atoms with E-state index < -0.39 is 13.3 Å². The summed E-state index contributed by atoms with van der Waals surface area (Å²) in [5, 5.41) is 12.6. The van der Waals surface area contributed by atoms with Crippen LogP contribution in [0.2, 0.25) is 17.3 Å². The van der Waals surface area contributed by atoms with Crippen molar-refractivity contribution in [2.45, 2.75) is 24.2 Å². The molecule has 0 amide bonds. The summed E-state index contributed by atoms with van der Waals surface area (Å²) in [6, 6.07) is 34.9. The van der Waals surface area contributed by atoms with E-state index in [2.05, 4.69) is 127 Å². The van der Waals surface area contributed by atoms with Gasteiger partial charge in [0.1, 0.15) is 0 Å². The molecule has 2 aromatic heterocycles. The van der Waals surface area contributed by atoms with Crippen molar-refractivity contribution in [2.24, 2.45) is 7.05 Å². The fraction of sp³-hybridized carbons (Fsp3) is 0.143. The second-order valence-corrected chi connectivity index (χ2v) is 23.0. The number of rotatable bonds is 4. The zero-order chi connectivity index (χ0) is 27.3. The molecule has 0 fully saturated rings. The monoisotopic (exact) mass is 585 g/mol. The van der Waals surface area contributed by atoms with Gasteiger partial charge in [-0.2, -0.15) is 0 Å². The summed E-state index contributed by atoms with van der Waals surface area (Å²) in [6.07, 6.45) is 2.22. The molecule has 4 heteroatoms. The van der Waals surface area contributed by atoms with Crippen molar-refractivity contribution in [3.63, 3.8) is 0 Å². The maximum atomic E-state index is 10.1. The van der Waals surface area contributed by atoms with Crippen LogP contribution in [0.4, 0.5) is 0 Å². The molecule has 6 aromatic rings. The van der Waals surface area contributed by atoms with Crippen molar-refractivity contribution in [3.05, 3.63) is 108 Å². The molecule has 0 aliphatic carbocycles. The average Bonchev–Trinajstić information content (AvgIpc) is 3.31. The minimum atomic E-state index is -2.02. The first-order valence-corrected chi connectivity index (χ1v) is 21.5. The molecule has 0 aliphatic rings. The van der Waals surface area contributed by atoms with Crippen LogP contribution in [0.5, 0.6) is 0 Å². The molecular weight excluding hydrogens is 553 g/mol. The van der Waals surface area contributed by atoms with E-state index in [9.17, 15) is 5.26 Å². The van der Waals surface area contributed by atoms with E-state index in [4.69, 9.17) is 0 Å². The standard InChI is InChI=1S/C35H31GeN2S/c1-23-11-17-29-30-18-16-27(22-37)33(26-14-12-25(13-15-26)24-9-7-6-8-10-24)35(30)39-34(29)32(23)31-21-28(36(2,3)4)19-20-38(31)5/h6-21H,1-5H3/q+1. The number of fused-ring (bicyclic) bond motifs is 3. The molecule has 2 nitrogen and oxygen atoms in total. The van der Waals surface area contributed by atoms with E-state index >= 15 is 0 Å². The van der Waals surface area contributed by atoms with Gasteiger partial charge in [0, 0.05) is 0 Å². The van der Waals surface area contributed by atoms with Gasteiger partial charge in [-0.1, -0.05) is 30.3 Å². The predicted octanol–water partition coefficient (Wildman–Crippen LogP) is 8.61. The Hall–Kier alpha value is -3.72. The molecule has 190 valence electrons. The molecule has 0 saturated carbocycles. The fourth-order valence-corrected chi connectivity index (χ4v) is 9.32. The molecule has 0 atom stereocenters. The molecule has 0 spiro atoms. The summed E-state index contributed by atoms with van der Waals surface area (Å²) in [6.45, 7) is 2.22. The normalized spacial score (nSPS) is 11.7. The van der Waals surface area contributed by atoms with Crippen LogP contribution in [-0.2, 0) is 7.05 Å². The summed E-state index contributed by atoms with van der Waals surface area (Å²) < 4.78 is 6.23. The van der Waals surface area contributed by atoms with Gasteiger partial charge >= 0.3 is 202 Å². The Morgan fingerprint density at radius 1 is 0.718 bits per heavy atom. The van der Waals surface area contributed by atoms with Gasteiger partial charge in [0.25, 0.3) is 0 Å². The van der Waals surface area contributed by atoms with Gasteiger partial charge in [0.15, 0.2) is 0 Å². The van der Waals surface area contributed by atoms with Gasteiger partial charge in [0.05, 0.1) is 0 Å². The zero-order valence-electron chi connectivity index (χ0n) is 23.0. The summed E-state index contributed by atoms with van der Waals surface area (Å²) in [7, 11) is 2.15. The first-order valence-electron chi connectivity index (χ1n) is 13.3. The van der Waals surface area contributed by atoms with Gasteiger partial charge in [-0.3, -0.25) is 0 Å². The SMILES string of the molecule is Cc1ccc2c(sc3c(-c4ccc(-c5ccccc5)cc4)c(C#N)ccc32)c1-c1c[c]([Ge]([CH3])([CH3])[CH3])cc[n+]1C. The summed E-state index contributed by atoms with van der Waals surface area (Å²) in [4.78, 5) is 0. The molecule has 0 saturated heterocycles. The second kappa shape index (κ2) is 9.79. The third kappa shape index (κ3) is 4.48. The van der Waals surface area contributed by atoms with E-state index in [1.807, 2.05) is 23.5 Å². The Morgan fingerprint density at radius 2 is 1.33 bits per heavy atom. The van der Waals surface area contributed by atoms with Gasteiger partial charge in [-0.25, -0.2) is 0 Å². The number of nitriles is 1. The van der Waals surface area contributed by atoms with E-state index in [0.717, 1.165) is 11.1 Å². The van der Waals surface area contributed by atoms with Crippen molar-refractivity contribution in [1.82, 2.24) is 0 Å². The number of hydrogen-bond donors (Lipinski definition) is 0. The third-order valence-electron chi connectivity index (χ3n) is 7.69. The van der Waals surface area contributed by atoms with Gasteiger partial charge in [-0.05, 0) is 5.56 Å². The zero-order valence-corrected chi connectivity index (χ0v) is 26.0. The Labute approximate surface area is 237 Å². The van der Waals surface area contributed by atoms with Gasteiger partial charge in [-0.15, -0.1) is 0 Å². The van der Waals surface area contributed by atoms with Crippen molar-refractivity contribution in [3.8, 4) is 39.6 Å². The Bertz CT molecular complexity index is 1900.